The lowest BCUT2D eigenvalue weighted by atomic mass is 9.94. The van der Waals surface area contributed by atoms with Crippen LogP contribution in [0, 0.1) is 4.91 Å². The Hall–Kier alpha value is -1.29. The van der Waals surface area contributed by atoms with Crippen molar-refractivity contribution in [1.29, 1.82) is 0 Å². The summed E-state index contributed by atoms with van der Waals surface area (Å²) in [6.45, 7) is 1.12. The number of nitrogens with one attached hydrogen (secondary N) is 1. The molecule has 0 aromatic rings. The van der Waals surface area contributed by atoms with Crippen LogP contribution in [0.4, 0.5) is 4.79 Å². The summed E-state index contributed by atoms with van der Waals surface area (Å²) in [5, 5.41) is 33.7. The lowest BCUT2D eigenvalue weighted by Gasteiger charge is -2.41. The Kier molecular flexibility index (Phi) is 4.96. The zero-order chi connectivity index (χ0) is 13.9. The van der Waals surface area contributed by atoms with E-state index in [0.29, 0.717) is 5.01 Å². The molecule has 1 aliphatic heterocycles. The molecule has 0 aromatic carbocycles. The lowest BCUT2D eigenvalue weighted by molar-refractivity contribution is -0.187. The van der Waals surface area contributed by atoms with Crippen molar-refractivity contribution in [3.63, 3.8) is 0 Å². The van der Waals surface area contributed by atoms with Crippen LogP contribution < -0.4 is 5.32 Å². The molecule has 9 heteroatoms. The van der Waals surface area contributed by atoms with Crippen molar-refractivity contribution in [3.05, 3.63) is 4.91 Å². The van der Waals surface area contributed by atoms with Crippen molar-refractivity contribution in [2.45, 2.75) is 37.4 Å². The maximum absolute atomic E-state index is 11.4. The monoisotopic (exact) mass is 263 g/mol. The SMILES string of the molecule is C[C@@H]1OC(CO)[C@@H](O)[C@@H](O)C1NC(=O)N(C)N=O. The fourth-order valence-corrected chi connectivity index (χ4v) is 1.78. The summed E-state index contributed by atoms with van der Waals surface area (Å²) in [6, 6.07) is -1.72. The van der Waals surface area contributed by atoms with Crippen molar-refractivity contribution in [1.82, 2.24) is 10.3 Å². The van der Waals surface area contributed by atoms with E-state index in [1.807, 2.05) is 0 Å². The lowest BCUT2D eigenvalue weighted by Crippen LogP contribution is -2.64. The molecule has 0 bridgehead atoms. The molecule has 18 heavy (non-hydrogen) atoms. The summed E-state index contributed by atoms with van der Waals surface area (Å²) < 4.78 is 5.24. The van der Waals surface area contributed by atoms with Gasteiger partial charge < -0.3 is 25.4 Å². The first kappa shape index (κ1) is 14.8. The molecule has 1 aliphatic rings. The number of rotatable bonds is 3. The summed E-state index contributed by atoms with van der Waals surface area (Å²) >= 11 is 0. The van der Waals surface area contributed by atoms with E-state index in [4.69, 9.17) is 9.84 Å². The normalized spacial score (nSPS) is 35.9. The van der Waals surface area contributed by atoms with E-state index in [1.54, 1.807) is 6.92 Å². The highest BCUT2D eigenvalue weighted by Gasteiger charge is 2.43. The number of aliphatic hydroxyl groups excluding tert-OH is 3. The van der Waals surface area contributed by atoms with E-state index in [9.17, 15) is 19.9 Å². The third-order valence-corrected chi connectivity index (χ3v) is 2.88. The second kappa shape index (κ2) is 6.05. The van der Waals surface area contributed by atoms with Crippen molar-refractivity contribution in [3.8, 4) is 0 Å². The Morgan fingerprint density at radius 3 is 2.56 bits per heavy atom. The molecule has 2 amide bonds. The Morgan fingerprint density at radius 2 is 2.06 bits per heavy atom. The first-order chi connectivity index (χ1) is 8.42. The molecule has 1 rings (SSSR count). The molecule has 5 atom stereocenters. The fraction of sp³-hybridized carbons (Fsp3) is 0.889. The van der Waals surface area contributed by atoms with Crippen LogP contribution in [-0.2, 0) is 4.74 Å². The average Bonchev–Trinajstić information content (AvgIpc) is 2.37. The number of carbonyl (C=O) groups excluding carboxylic acids is 1. The Morgan fingerprint density at radius 1 is 1.44 bits per heavy atom. The Labute approximate surface area is 103 Å². The van der Waals surface area contributed by atoms with E-state index in [0.717, 1.165) is 7.05 Å². The predicted molar refractivity (Wildman–Crippen MR) is 59.3 cm³/mol. The number of hydrogen-bond donors (Lipinski definition) is 4. The van der Waals surface area contributed by atoms with Gasteiger partial charge in [-0.2, -0.15) is 5.01 Å². The number of aliphatic hydroxyl groups is 3. The van der Waals surface area contributed by atoms with E-state index in [1.165, 1.54) is 0 Å². The number of nitroso groups, excluding NO2 is 1. The molecule has 1 saturated heterocycles. The number of urea groups is 1. The van der Waals surface area contributed by atoms with Crippen LogP contribution in [0.15, 0.2) is 5.29 Å². The third kappa shape index (κ3) is 2.93. The number of carbonyl (C=O) groups is 1. The first-order valence-electron chi connectivity index (χ1n) is 5.42. The van der Waals surface area contributed by atoms with Gasteiger partial charge in [-0.25, -0.2) is 4.79 Å². The average molecular weight is 263 g/mol. The van der Waals surface area contributed by atoms with Gasteiger partial charge in [0.25, 0.3) is 0 Å². The molecule has 0 radical (unpaired) electrons. The molecule has 4 N–H and O–H groups in total. The molecule has 0 saturated carbocycles. The first-order valence-corrected chi connectivity index (χ1v) is 5.42. The predicted octanol–water partition coefficient (Wildman–Crippen LogP) is -1.82. The fourth-order valence-electron chi connectivity index (χ4n) is 1.78. The molecule has 9 nitrogen and oxygen atoms in total. The molecule has 0 aliphatic carbocycles. The minimum atomic E-state index is -1.33. The number of ether oxygens (including phenoxy) is 1. The van der Waals surface area contributed by atoms with Crippen LogP contribution in [0.2, 0.25) is 0 Å². The van der Waals surface area contributed by atoms with Crippen LogP contribution >= 0.6 is 0 Å². The van der Waals surface area contributed by atoms with Crippen molar-refractivity contribution in [2.75, 3.05) is 13.7 Å². The van der Waals surface area contributed by atoms with Gasteiger partial charge in [-0.15, -0.1) is 4.91 Å². The van der Waals surface area contributed by atoms with Gasteiger partial charge in [0.05, 0.1) is 24.0 Å². The van der Waals surface area contributed by atoms with Gasteiger partial charge in [0.1, 0.15) is 18.3 Å². The van der Waals surface area contributed by atoms with Gasteiger partial charge >= 0.3 is 6.03 Å². The highest BCUT2D eigenvalue weighted by molar-refractivity contribution is 5.73. The van der Waals surface area contributed by atoms with Gasteiger partial charge in [-0.3, -0.25) is 0 Å². The largest absolute Gasteiger partial charge is 0.394 e. The third-order valence-electron chi connectivity index (χ3n) is 2.88. The van der Waals surface area contributed by atoms with Crippen molar-refractivity contribution < 1.29 is 24.9 Å². The van der Waals surface area contributed by atoms with E-state index >= 15 is 0 Å². The van der Waals surface area contributed by atoms with Crippen LogP contribution in [-0.4, -0.2) is 70.5 Å². The van der Waals surface area contributed by atoms with Gasteiger partial charge in [0, 0.05) is 7.05 Å². The number of nitrogens with zero attached hydrogens (tertiary/aromatic N) is 2. The van der Waals surface area contributed by atoms with E-state index < -0.39 is 43.1 Å². The molecule has 104 valence electrons. The quantitative estimate of drug-likeness (QED) is 0.350. The smallest absolute Gasteiger partial charge is 0.340 e. The summed E-state index contributed by atoms with van der Waals surface area (Å²) in [4.78, 5) is 21.6. The summed E-state index contributed by atoms with van der Waals surface area (Å²) in [5.74, 6) is 0. The van der Waals surface area contributed by atoms with E-state index in [-0.39, 0.29) is 0 Å². The molecule has 2 unspecified atom stereocenters. The van der Waals surface area contributed by atoms with Crippen LogP contribution in [0.5, 0.6) is 0 Å². The maximum atomic E-state index is 11.4. The highest BCUT2D eigenvalue weighted by Crippen LogP contribution is 2.20. The zero-order valence-corrected chi connectivity index (χ0v) is 10.1. The molecule has 1 fully saturated rings. The molecule has 0 spiro atoms. The second-order valence-electron chi connectivity index (χ2n) is 4.12. The Balaban J connectivity index is 2.71. The summed E-state index contributed by atoms with van der Waals surface area (Å²) in [7, 11) is 1.15. The summed E-state index contributed by atoms with van der Waals surface area (Å²) in [6.07, 6.45) is -4.18. The number of amides is 2. The topological polar surface area (TPSA) is 132 Å². The zero-order valence-electron chi connectivity index (χ0n) is 10.1. The van der Waals surface area contributed by atoms with Crippen molar-refractivity contribution in [2.24, 2.45) is 5.29 Å². The van der Waals surface area contributed by atoms with Gasteiger partial charge in [-0.1, -0.05) is 0 Å². The van der Waals surface area contributed by atoms with E-state index in [2.05, 4.69) is 10.6 Å². The van der Waals surface area contributed by atoms with Crippen molar-refractivity contribution >= 4 is 6.03 Å². The molecular weight excluding hydrogens is 246 g/mol. The van der Waals surface area contributed by atoms with Crippen LogP contribution in [0.3, 0.4) is 0 Å². The molecular formula is C9H17N3O6. The van der Waals surface area contributed by atoms with Gasteiger partial charge in [0.15, 0.2) is 0 Å². The van der Waals surface area contributed by atoms with Crippen LogP contribution in [0.1, 0.15) is 6.92 Å². The van der Waals surface area contributed by atoms with Crippen LogP contribution in [0.25, 0.3) is 0 Å². The molecule has 1 heterocycles. The Bertz CT molecular complexity index is 315. The summed E-state index contributed by atoms with van der Waals surface area (Å²) in [5.41, 5.74) is 0. The standard InChI is InChI=1S/C9H17N3O6/c1-4-6(10-9(16)12(2)11-17)8(15)7(14)5(3-13)18-4/h4-8,13-15H,3H2,1-2H3,(H,10,16)/t4-,5?,6?,7+,8-/m0/s1. The highest BCUT2D eigenvalue weighted by atomic mass is 16.5. The second-order valence-corrected chi connectivity index (χ2v) is 4.12. The van der Waals surface area contributed by atoms with Gasteiger partial charge in [-0.05, 0) is 6.92 Å². The van der Waals surface area contributed by atoms with Gasteiger partial charge in [0.2, 0.25) is 0 Å². The maximum Gasteiger partial charge on any atom is 0.340 e. The minimum Gasteiger partial charge on any atom is -0.394 e. The molecule has 0 aromatic heterocycles. The number of hydrogen-bond acceptors (Lipinski definition) is 7. The minimum absolute atomic E-state index is 0.445.